The van der Waals surface area contributed by atoms with Crippen molar-refractivity contribution in [3.8, 4) is 0 Å². The van der Waals surface area contributed by atoms with E-state index in [9.17, 15) is 4.79 Å². The molecule has 0 saturated carbocycles. The van der Waals surface area contributed by atoms with Crippen LogP contribution in [0.25, 0.3) is 0 Å². The molecule has 0 bridgehead atoms. The highest BCUT2D eigenvalue weighted by Gasteiger charge is 2.23. The Hall–Kier alpha value is -2.67. The molecule has 0 radical (unpaired) electrons. The number of carbonyl (C=O) groups excluding carboxylic acids is 1. The molecule has 2 aliphatic rings. The van der Waals surface area contributed by atoms with E-state index in [1.54, 1.807) is 6.33 Å². The molecule has 1 aromatic carbocycles. The molecule has 2 N–H and O–H groups in total. The standard InChI is InChI=1S/C26H38N6O/c1-2-27-24-18-25(29-20-28-24)32-16-10-21(11-17-32)8-9-26(33)30-23-12-14-31(15-13-23)19-22-6-4-3-5-7-22/h3-7,18,20-21,23H,2,8-17,19H2,1H3,(H,30,33)(H,27,28,29). The maximum atomic E-state index is 12.6. The molecule has 0 atom stereocenters. The van der Waals surface area contributed by atoms with Crippen LogP contribution < -0.4 is 15.5 Å². The lowest BCUT2D eigenvalue weighted by Crippen LogP contribution is -2.44. The largest absolute Gasteiger partial charge is 0.370 e. The number of nitrogens with one attached hydrogen (secondary N) is 2. The molecule has 0 spiro atoms. The molecule has 2 aromatic rings. The van der Waals surface area contributed by atoms with E-state index in [1.807, 2.05) is 6.07 Å². The van der Waals surface area contributed by atoms with E-state index in [-0.39, 0.29) is 5.91 Å². The fraction of sp³-hybridized carbons (Fsp3) is 0.577. The summed E-state index contributed by atoms with van der Waals surface area (Å²) >= 11 is 0. The van der Waals surface area contributed by atoms with Gasteiger partial charge in [-0.15, -0.1) is 0 Å². The molecular formula is C26H38N6O. The maximum absolute atomic E-state index is 12.6. The number of hydrogen-bond donors (Lipinski definition) is 2. The molecule has 1 aromatic heterocycles. The van der Waals surface area contributed by atoms with Crippen molar-refractivity contribution in [2.45, 2.75) is 58.0 Å². The topological polar surface area (TPSA) is 73.4 Å². The first-order valence-corrected chi connectivity index (χ1v) is 12.6. The van der Waals surface area contributed by atoms with Gasteiger partial charge in [0.1, 0.15) is 18.0 Å². The van der Waals surface area contributed by atoms with Gasteiger partial charge in [0.2, 0.25) is 5.91 Å². The Bertz CT molecular complexity index is 860. The van der Waals surface area contributed by atoms with Crippen LogP contribution in [-0.2, 0) is 11.3 Å². The van der Waals surface area contributed by atoms with E-state index >= 15 is 0 Å². The predicted molar refractivity (Wildman–Crippen MR) is 133 cm³/mol. The van der Waals surface area contributed by atoms with Crippen LogP contribution in [0.1, 0.15) is 51.0 Å². The highest BCUT2D eigenvalue weighted by atomic mass is 16.1. The van der Waals surface area contributed by atoms with Crippen molar-refractivity contribution in [1.29, 1.82) is 0 Å². The number of carbonyl (C=O) groups is 1. The molecule has 178 valence electrons. The average Bonchev–Trinajstić information content (AvgIpc) is 2.85. The Morgan fingerprint density at radius 1 is 1.03 bits per heavy atom. The van der Waals surface area contributed by atoms with Gasteiger partial charge in [-0.1, -0.05) is 30.3 Å². The van der Waals surface area contributed by atoms with Gasteiger partial charge in [0.25, 0.3) is 0 Å². The van der Waals surface area contributed by atoms with Crippen LogP contribution in [0.5, 0.6) is 0 Å². The van der Waals surface area contributed by atoms with Crippen LogP contribution in [0.3, 0.4) is 0 Å². The van der Waals surface area contributed by atoms with E-state index in [4.69, 9.17) is 0 Å². The highest BCUT2D eigenvalue weighted by Crippen LogP contribution is 2.26. The smallest absolute Gasteiger partial charge is 0.220 e. The lowest BCUT2D eigenvalue weighted by atomic mass is 9.92. The number of aromatic nitrogens is 2. The zero-order valence-corrected chi connectivity index (χ0v) is 19.9. The Kier molecular flexibility index (Phi) is 8.53. The average molecular weight is 451 g/mol. The van der Waals surface area contributed by atoms with Crippen LogP contribution in [0, 0.1) is 5.92 Å². The van der Waals surface area contributed by atoms with Gasteiger partial charge in [-0.05, 0) is 50.5 Å². The molecule has 3 heterocycles. The molecule has 0 aliphatic carbocycles. The Labute approximate surface area is 198 Å². The van der Waals surface area contributed by atoms with Crippen LogP contribution in [0.4, 0.5) is 11.6 Å². The quantitative estimate of drug-likeness (QED) is 0.607. The third-order valence-electron chi connectivity index (χ3n) is 6.93. The Morgan fingerprint density at radius 2 is 1.79 bits per heavy atom. The van der Waals surface area contributed by atoms with Crippen molar-refractivity contribution in [1.82, 2.24) is 20.2 Å². The monoisotopic (exact) mass is 450 g/mol. The van der Waals surface area contributed by atoms with Crippen molar-refractivity contribution in [2.24, 2.45) is 5.92 Å². The number of amides is 1. The molecule has 4 rings (SSSR count). The highest BCUT2D eigenvalue weighted by molar-refractivity contribution is 5.76. The number of hydrogen-bond acceptors (Lipinski definition) is 6. The predicted octanol–water partition coefficient (Wildman–Crippen LogP) is 3.69. The molecule has 33 heavy (non-hydrogen) atoms. The summed E-state index contributed by atoms with van der Waals surface area (Å²) < 4.78 is 0. The summed E-state index contributed by atoms with van der Waals surface area (Å²) in [7, 11) is 0. The minimum absolute atomic E-state index is 0.227. The second-order valence-corrected chi connectivity index (χ2v) is 9.36. The normalized spacial score (nSPS) is 18.3. The van der Waals surface area contributed by atoms with E-state index in [0.29, 0.717) is 18.4 Å². The van der Waals surface area contributed by atoms with Gasteiger partial charge in [0.05, 0.1) is 0 Å². The third kappa shape index (κ3) is 7.16. The van der Waals surface area contributed by atoms with Crippen LogP contribution in [-0.4, -0.2) is 59.5 Å². The summed E-state index contributed by atoms with van der Waals surface area (Å²) in [4.78, 5) is 26.1. The zero-order chi connectivity index (χ0) is 22.9. The van der Waals surface area contributed by atoms with Gasteiger partial charge < -0.3 is 15.5 Å². The summed E-state index contributed by atoms with van der Waals surface area (Å²) in [5.41, 5.74) is 1.36. The number of anilines is 2. The van der Waals surface area contributed by atoms with Crippen LogP contribution >= 0.6 is 0 Å². The van der Waals surface area contributed by atoms with Gasteiger partial charge in [-0.25, -0.2) is 9.97 Å². The summed E-state index contributed by atoms with van der Waals surface area (Å²) in [5.74, 6) is 2.72. The van der Waals surface area contributed by atoms with Crippen molar-refractivity contribution < 1.29 is 4.79 Å². The summed E-state index contributed by atoms with van der Waals surface area (Å²) in [6.45, 7) is 8.02. The molecule has 0 unspecified atom stereocenters. The minimum Gasteiger partial charge on any atom is -0.370 e. The molecule has 2 fully saturated rings. The third-order valence-corrected chi connectivity index (χ3v) is 6.93. The van der Waals surface area contributed by atoms with Gasteiger partial charge in [-0.2, -0.15) is 0 Å². The van der Waals surface area contributed by atoms with E-state index < -0.39 is 0 Å². The van der Waals surface area contributed by atoms with Crippen molar-refractivity contribution >= 4 is 17.5 Å². The van der Waals surface area contributed by atoms with Gasteiger partial charge in [0.15, 0.2) is 0 Å². The fourth-order valence-corrected chi connectivity index (χ4v) is 4.96. The van der Waals surface area contributed by atoms with Crippen LogP contribution in [0.15, 0.2) is 42.7 Å². The lowest BCUT2D eigenvalue weighted by Gasteiger charge is -2.33. The fourth-order valence-electron chi connectivity index (χ4n) is 4.96. The minimum atomic E-state index is 0.227. The molecule has 1 amide bonds. The molecule has 2 aliphatic heterocycles. The first-order valence-electron chi connectivity index (χ1n) is 12.6. The van der Waals surface area contributed by atoms with Crippen molar-refractivity contribution in [3.63, 3.8) is 0 Å². The second kappa shape index (κ2) is 12.0. The van der Waals surface area contributed by atoms with Gasteiger partial charge in [-0.3, -0.25) is 9.69 Å². The first-order chi connectivity index (χ1) is 16.2. The number of nitrogens with zero attached hydrogens (tertiary/aromatic N) is 4. The summed E-state index contributed by atoms with van der Waals surface area (Å²) in [6, 6.07) is 13.0. The molecular weight excluding hydrogens is 412 g/mol. The molecule has 7 nitrogen and oxygen atoms in total. The first kappa shape index (κ1) is 23.5. The van der Waals surface area contributed by atoms with Crippen molar-refractivity contribution in [3.05, 3.63) is 48.3 Å². The van der Waals surface area contributed by atoms with Crippen LogP contribution in [0.2, 0.25) is 0 Å². The Balaban J connectivity index is 1.12. The van der Waals surface area contributed by atoms with Gasteiger partial charge in [0, 0.05) is 57.8 Å². The second-order valence-electron chi connectivity index (χ2n) is 9.36. The number of piperidine rings is 2. The summed E-state index contributed by atoms with van der Waals surface area (Å²) in [5, 5.41) is 6.55. The number of benzene rings is 1. The number of likely N-dealkylation sites (tertiary alicyclic amines) is 1. The Morgan fingerprint density at radius 3 is 2.52 bits per heavy atom. The number of rotatable bonds is 9. The lowest BCUT2D eigenvalue weighted by molar-refractivity contribution is -0.122. The molecule has 7 heteroatoms. The SMILES string of the molecule is CCNc1cc(N2CCC(CCC(=O)NC3CCN(Cc4ccccc4)CC3)CC2)ncn1. The van der Waals surface area contributed by atoms with E-state index in [0.717, 1.165) is 83.0 Å². The van der Waals surface area contributed by atoms with E-state index in [1.165, 1.54) is 5.56 Å². The van der Waals surface area contributed by atoms with E-state index in [2.05, 4.69) is 67.7 Å². The van der Waals surface area contributed by atoms with Gasteiger partial charge >= 0.3 is 0 Å². The zero-order valence-electron chi connectivity index (χ0n) is 19.9. The molecule has 2 saturated heterocycles. The summed E-state index contributed by atoms with van der Waals surface area (Å²) in [6.07, 6.45) is 7.59. The van der Waals surface area contributed by atoms with Crippen molar-refractivity contribution in [2.75, 3.05) is 42.9 Å². The maximum Gasteiger partial charge on any atom is 0.220 e.